The molecule has 158 valence electrons. The maximum Gasteiger partial charge on any atom is 0.391 e. The van der Waals surface area contributed by atoms with Crippen molar-refractivity contribution in [2.75, 3.05) is 13.7 Å². The highest BCUT2D eigenvalue weighted by atomic mass is 19.4. The summed E-state index contributed by atoms with van der Waals surface area (Å²) in [6.07, 6.45) is -3.70. The molecule has 4 rings (SSSR count). The molecule has 1 aromatic carbocycles. The smallest absolute Gasteiger partial charge is 0.391 e. The lowest BCUT2D eigenvalue weighted by Crippen LogP contribution is -2.46. The molecule has 1 saturated carbocycles. The Kier molecular flexibility index (Phi) is 6.46. The Morgan fingerprint density at radius 2 is 1.90 bits per heavy atom. The predicted molar refractivity (Wildman–Crippen MR) is 99.4 cm³/mol. The number of para-hydroxylation sites is 1. The van der Waals surface area contributed by atoms with Crippen molar-refractivity contribution in [1.29, 1.82) is 0 Å². The van der Waals surface area contributed by atoms with Crippen LogP contribution < -0.4 is 4.74 Å². The number of halogens is 3. The number of aliphatic hydroxyl groups excluding tert-OH is 1. The Bertz CT molecular complexity index is 823. The van der Waals surface area contributed by atoms with E-state index in [9.17, 15) is 18.0 Å². The normalized spacial score (nSPS) is 21.4. The molecule has 1 fully saturated rings. The Morgan fingerprint density at radius 3 is 2.55 bits per heavy atom. The number of aromatic nitrogens is 2. The highest BCUT2D eigenvalue weighted by Crippen LogP contribution is 2.41. The first-order valence-corrected chi connectivity index (χ1v) is 9.49. The van der Waals surface area contributed by atoms with Crippen molar-refractivity contribution in [3.8, 4) is 5.75 Å². The number of hydrogen-bond acceptors (Lipinski definition) is 4. The number of nitrogens with zero attached hydrogens (tertiary/aromatic N) is 3. The minimum absolute atomic E-state index is 0.00659. The zero-order chi connectivity index (χ0) is 21.0. The van der Waals surface area contributed by atoms with Gasteiger partial charge >= 0.3 is 6.18 Å². The third kappa shape index (κ3) is 4.72. The molecule has 1 N–H and O–H groups in total. The number of alkyl halides is 3. The van der Waals surface area contributed by atoms with Gasteiger partial charge in [-0.15, -0.1) is 0 Å². The van der Waals surface area contributed by atoms with E-state index in [2.05, 4.69) is 5.10 Å². The van der Waals surface area contributed by atoms with Gasteiger partial charge in [0.15, 0.2) is 0 Å². The molecule has 2 aliphatic rings. The number of rotatable bonds is 4. The second-order valence-electron chi connectivity index (χ2n) is 7.05. The number of fused-ring (bicyclic) bond motifs is 1. The first-order chi connectivity index (χ1) is 13.9. The number of amides is 1. The van der Waals surface area contributed by atoms with Crippen LogP contribution in [0.3, 0.4) is 0 Å². The van der Waals surface area contributed by atoms with Crippen LogP contribution in [0.5, 0.6) is 5.75 Å². The van der Waals surface area contributed by atoms with Gasteiger partial charge in [0.2, 0.25) is 0 Å². The third-order valence-electron chi connectivity index (χ3n) is 5.30. The number of ether oxygens (including phenoxy) is 1. The second-order valence-corrected chi connectivity index (χ2v) is 7.05. The van der Waals surface area contributed by atoms with Crippen molar-refractivity contribution in [3.63, 3.8) is 0 Å². The Labute approximate surface area is 166 Å². The van der Waals surface area contributed by atoms with Crippen molar-refractivity contribution in [3.05, 3.63) is 47.8 Å². The summed E-state index contributed by atoms with van der Waals surface area (Å²) in [5.41, 5.74) is 1.05. The summed E-state index contributed by atoms with van der Waals surface area (Å²) in [5, 5.41) is 11.4. The lowest BCUT2D eigenvalue weighted by Gasteiger charge is -2.32. The Morgan fingerprint density at radius 1 is 1.17 bits per heavy atom. The van der Waals surface area contributed by atoms with E-state index in [4.69, 9.17) is 9.84 Å². The van der Waals surface area contributed by atoms with Crippen molar-refractivity contribution in [2.24, 2.45) is 5.92 Å². The van der Waals surface area contributed by atoms with Crippen molar-refractivity contribution < 1.29 is 27.8 Å². The largest absolute Gasteiger partial charge is 0.487 e. The summed E-state index contributed by atoms with van der Waals surface area (Å²) in [7, 11) is 1.00. The minimum Gasteiger partial charge on any atom is -0.487 e. The molecule has 6 nitrogen and oxygen atoms in total. The minimum atomic E-state index is -4.18. The van der Waals surface area contributed by atoms with Crippen LogP contribution in [0, 0.1) is 5.92 Å². The van der Waals surface area contributed by atoms with Gasteiger partial charge in [-0.1, -0.05) is 18.2 Å². The average Bonchev–Trinajstić information content (AvgIpc) is 3.36. The Balaban J connectivity index is 0.00000117. The summed E-state index contributed by atoms with van der Waals surface area (Å²) < 4.78 is 46.1. The molecule has 1 aliphatic carbocycles. The number of aliphatic hydroxyl groups is 1. The third-order valence-corrected chi connectivity index (χ3v) is 5.30. The van der Waals surface area contributed by atoms with Crippen LogP contribution in [0.15, 0.2) is 36.4 Å². The number of hydrogen-bond donors (Lipinski definition) is 1. The van der Waals surface area contributed by atoms with Crippen molar-refractivity contribution in [1.82, 2.24) is 14.7 Å². The van der Waals surface area contributed by atoms with Crippen LogP contribution in [-0.4, -0.2) is 51.6 Å². The van der Waals surface area contributed by atoms with Gasteiger partial charge < -0.3 is 14.7 Å². The molecule has 2 aromatic rings. The van der Waals surface area contributed by atoms with Crippen molar-refractivity contribution in [2.45, 2.75) is 44.6 Å². The summed E-state index contributed by atoms with van der Waals surface area (Å²) in [6.45, 7) is 1.11. The highest BCUT2D eigenvalue weighted by molar-refractivity contribution is 5.93. The van der Waals surface area contributed by atoms with Gasteiger partial charge in [-0.05, 0) is 37.5 Å². The number of carbonyl (C=O) groups is 1. The zero-order valence-corrected chi connectivity index (χ0v) is 16.1. The Hall–Kier alpha value is -2.55. The van der Waals surface area contributed by atoms with Gasteiger partial charge in [-0.2, -0.15) is 18.3 Å². The first kappa shape index (κ1) is 21.2. The fraction of sp³-hybridized carbons (Fsp3) is 0.500. The summed E-state index contributed by atoms with van der Waals surface area (Å²) in [4.78, 5) is 14.4. The highest BCUT2D eigenvalue weighted by Gasteiger charge is 2.46. The monoisotopic (exact) mass is 411 g/mol. The molecular weight excluding hydrogens is 387 g/mol. The standard InChI is InChI=1S/C19H20F3N3O2.CH4O/c20-19(21,22)13-6-7-15(10-13)24-8-9-25-17(18(24)26)11-14(23-25)12-27-16-4-2-1-3-5-16;1-2/h1-5,11,13,15H,6-10,12H2;2H,1H3. The van der Waals surface area contributed by atoms with Crippen LogP contribution in [0.2, 0.25) is 0 Å². The van der Waals surface area contributed by atoms with Gasteiger partial charge in [0.1, 0.15) is 23.7 Å². The molecule has 0 spiro atoms. The van der Waals surface area contributed by atoms with E-state index in [0.29, 0.717) is 36.6 Å². The van der Waals surface area contributed by atoms with Crippen LogP contribution >= 0.6 is 0 Å². The molecule has 1 aliphatic heterocycles. The zero-order valence-electron chi connectivity index (χ0n) is 16.1. The fourth-order valence-electron chi connectivity index (χ4n) is 3.89. The number of carbonyl (C=O) groups excluding carboxylic acids is 1. The first-order valence-electron chi connectivity index (χ1n) is 9.49. The SMILES string of the molecule is CO.O=C1c2cc(COc3ccccc3)nn2CCN1C1CCC(C(F)(F)F)C1. The van der Waals surface area contributed by atoms with Crippen molar-refractivity contribution >= 4 is 5.91 Å². The maximum atomic E-state index is 12.9. The fourth-order valence-corrected chi connectivity index (χ4v) is 3.89. The molecular formula is C20H24F3N3O3. The van der Waals surface area contributed by atoms with Crippen LogP contribution in [0.1, 0.15) is 35.4 Å². The lowest BCUT2D eigenvalue weighted by atomic mass is 10.1. The number of benzene rings is 1. The van der Waals surface area contributed by atoms with E-state index in [0.717, 1.165) is 7.11 Å². The van der Waals surface area contributed by atoms with Gasteiger partial charge in [-0.25, -0.2) is 0 Å². The van der Waals surface area contributed by atoms with Gasteiger partial charge in [0.05, 0.1) is 12.5 Å². The van der Waals surface area contributed by atoms with E-state index in [1.807, 2.05) is 30.3 Å². The topological polar surface area (TPSA) is 67.6 Å². The predicted octanol–water partition coefficient (Wildman–Crippen LogP) is 3.26. The lowest BCUT2D eigenvalue weighted by molar-refractivity contribution is -0.173. The molecule has 0 radical (unpaired) electrons. The molecule has 29 heavy (non-hydrogen) atoms. The molecule has 0 saturated heterocycles. The summed E-state index contributed by atoms with van der Waals surface area (Å²) in [5.74, 6) is -0.843. The van der Waals surface area contributed by atoms with E-state index in [1.165, 1.54) is 0 Å². The summed E-state index contributed by atoms with van der Waals surface area (Å²) >= 11 is 0. The molecule has 2 unspecified atom stereocenters. The van der Waals surface area contributed by atoms with Crippen LogP contribution in [0.25, 0.3) is 0 Å². The van der Waals surface area contributed by atoms with Gasteiger partial charge in [0.25, 0.3) is 5.91 Å². The molecule has 9 heteroatoms. The quantitative estimate of drug-likeness (QED) is 0.839. The van der Waals surface area contributed by atoms with E-state index >= 15 is 0 Å². The molecule has 2 atom stereocenters. The second kappa shape index (κ2) is 8.86. The molecule has 2 heterocycles. The van der Waals surface area contributed by atoms with Gasteiger partial charge in [0, 0.05) is 19.7 Å². The molecule has 0 bridgehead atoms. The molecule has 1 aromatic heterocycles. The maximum absolute atomic E-state index is 12.9. The van der Waals surface area contributed by atoms with Gasteiger partial charge in [-0.3, -0.25) is 9.48 Å². The molecule has 1 amide bonds. The summed E-state index contributed by atoms with van der Waals surface area (Å²) in [6, 6.07) is 10.6. The van der Waals surface area contributed by atoms with Crippen LogP contribution in [0.4, 0.5) is 13.2 Å². The van der Waals surface area contributed by atoms with E-state index in [1.54, 1.807) is 15.6 Å². The van der Waals surface area contributed by atoms with E-state index in [-0.39, 0.29) is 31.4 Å². The van der Waals surface area contributed by atoms with E-state index < -0.39 is 12.1 Å². The van der Waals surface area contributed by atoms with Crippen LogP contribution in [-0.2, 0) is 13.2 Å². The average molecular weight is 411 g/mol.